The molecule has 19 heteroatoms. The number of hydrogen-bond acceptors (Lipinski definition) is 12. The van der Waals surface area contributed by atoms with Crippen LogP contribution in [0, 0.1) is 0 Å². The minimum atomic E-state index is -1.18. The van der Waals surface area contributed by atoms with Gasteiger partial charge in [0.05, 0.1) is 58.9 Å². The van der Waals surface area contributed by atoms with Crippen molar-refractivity contribution >= 4 is 41.5 Å². The van der Waals surface area contributed by atoms with Gasteiger partial charge in [-0.25, -0.2) is 4.79 Å². The van der Waals surface area contributed by atoms with Crippen LogP contribution in [0.1, 0.15) is 149 Å². The zero-order valence-corrected chi connectivity index (χ0v) is 39.2. The molecule has 0 saturated carbocycles. The van der Waals surface area contributed by atoms with E-state index in [-0.39, 0.29) is 120 Å². The quantitative estimate of drug-likeness (QED) is 0.0407. The van der Waals surface area contributed by atoms with Crippen LogP contribution in [0.25, 0.3) is 0 Å². The standard InChI is InChI=1S/C45H84N6O13/c1-36(2)50-37(44(58)46-3)18-16-17-25-47-40(53)23-28-61-32-35-64-31-27-49-41(54)24-29-62-33-34-63-30-26-48-39(52)22-21-38(45(59)60)51-42(55)19-14-12-10-8-6-4-5-7-9-11-13-15-20-43(56)57/h36-38,50H,4-35H2,1-3H3,(H,46,58)(H,47,53)(H,48,52)(H,49,54)(H,51,55)(H,56,57)(H,59,60). The molecule has 8 N–H and O–H groups in total. The van der Waals surface area contributed by atoms with Crippen molar-refractivity contribution in [2.75, 3.05) is 79.5 Å². The predicted molar refractivity (Wildman–Crippen MR) is 243 cm³/mol. The molecule has 0 aliphatic rings. The van der Waals surface area contributed by atoms with E-state index < -0.39 is 18.0 Å². The lowest BCUT2D eigenvalue weighted by Gasteiger charge is -2.19. The van der Waals surface area contributed by atoms with Crippen LogP contribution in [0.15, 0.2) is 0 Å². The van der Waals surface area contributed by atoms with E-state index in [0.717, 1.165) is 64.2 Å². The Morgan fingerprint density at radius 3 is 1.33 bits per heavy atom. The third kappa shape index (κ3) is 40.8. The minimum Gasteiger partial charge on any atom is -0.481 e. The third-order valence-electron chi connectivity index (χ3n) is 10.0. The number of rotatable bonds is 46. The molecule has 0 aliphatic carbocycles. The van der Waals surface area contributed by atoms with Crippen molar-refractivity contribution in [3.63, 3.8) is 0 Å². The van der Waals surface area contributed by atoms with E-state index in [1.165, 1.54) is 19.3 Å². The molecule has 0 spiro atoms. The number of nitrogens with one attached hydrogen (secondary N) is 6. The van der Waals surface area contributed by atoms with Gasteiger partial charge in [-0.3, -0.25) is 28.8 Å². The van der Waals surface area contributed by atoms with E-state index in [1.807, 2.05) is 13.8 Å². The number of likely N-dealkylation sites (N-methyl/N-ethyl adjacent to an activating group) is 1. The summed E-state index contributed by atoms with van der Waals surface area (Å²) in [6, 6.07) is -1.18. The summed E-state index contributed by atoms with van der Waals surface area (Å²) < 4.78 is 21.8. The van der Waals surface area contributed by atoms with E-state index in [2.05, 4.69) is 31.9 Å². The van der Waals surface area contributed by atoms with Crippen LogP contribution in [-0.2, 0) is 52.5 Å². The first kappa shape index (κ1) is 60.1. The summed E-state index contributed by atoms with van der Waals surface area (Å²) in [5.74, 6) is -2.89. The number of carbonyl (C=O) groups is 7. The molecule has 372 valence electrons. The van der Waals surface area contributed by atoms with E-state index >= 15 is 0 Å². The molecule has 19 nitrogen and oxygen atoms in total. The molecule has 0 aliphatic heterocycles. The average Bonchev–Trinajstić information content (AvgIpc) is 3.25. The fourth-order valence-electron chi connectivity index (χ4n) is 6.46. The third-order valence-corrected chi connectivity index (χ3v) is 10.0. The Hall–Kier alpha value is -3.91. The lowest BCUT2D eigenvalue weighted by molar-refractivity contribution is -0.142. The molecule has 64 heavy (non-hydrogen) atoms. The zero-order valence-electron chi connectivity index (χ0n) is 39.2. The van der Waals surface area contributed by atoms with Gasteiger partial charge in [-0.2, -0.15) is 0 Å². The number of amides is 5. The van der Waals surface area contributed by atoms with Gasteiger partial charge in [0.25, 0.3) is 0 Å². The van der Waals surface area contributed by atoms with Gasteiger partial charge in [0.1, 0.15) is 6.04 Å². The average molecular weight is 917 g/mol. The van der Waals surface area contributed by atoms with Crippen molar-refractivity contribution in [2.24, 2.45) is 0 Å². The molecule has 0 heterocycles. The second-order valence-electron chi connectivity index (χ2n) is 16.1. The maximum Gasteiger partial charge on any atom is 0.326 e. The molecule has 0 rings (SSSR count). The van der Waals surface area contributed by atoms with Crippen LogP contribution < -0.4 is 31.9 Å². The summed E-state index contributed by atoms with van der Waals surface area (Å²) >= 11 is 0. The van der Waals surface area contributed by atoms with Gasteiger partial charge >= 0.3 is 11.9 Å². The molecular weight excluding hydrogens is 833 g/mol. The zero-order chi connectivity index (χ0) is 47.5. The van der Waals surface area contributed by atoms with Gasteiger partial charge < -0.3 is 61.1 Å². The highest BCUT2D eigenvalue weighted by Crippen LogP contribution is 2.13. The van der Waals surface area contributed by atoms with Crippen LogP contribution >= 0.6 is 0 Å². The molecule has 0 saturated heterocycles. The number of unbranched alkanes of at least 4 members (excludes halogenated alkanes) is 12. The Labute approximate surface area is 381 Å². The van der Waals surface area contributed by atoms with Crippen LogP contribution in [0.3, 0.4) is 0 Å². The highest BCUT2D eigenvalue weighted by Gasteiger charge is 2.21. The molecule has 5 amide bonds. The number of aliphatic carboxylic acids is 2. The largest absolute Gasteiger partial charge is 0.481 e. The van der Waals surface area contributed by atoms with E-state index in [9.17, 15) is 38.7 Å². The molecule has 2 unspecified atom stereocenters. The second kappa shape index (κ2) is 43.0. The van der Waals surface area contributed by atoms with Crippen LogP contribution in [0.2, 0.25) is 0 Å². The van der Waals surface area contributed by atoms with Gasteiger partial charge in [0, 0.05) is 64.8 Å². The first-order valence-electron chi connectivity index (χ1n) is 23.7. The van der Waals surface area contributed by atoms with Crippen molar-refractivity contribution in [2.45, 2.75) is 167 Å². The number of hydrogen-bond donors (Lipinski definition) is 8. The van der Waals surface area contributed by atoms with E-state index in [0.29, 0.717) is 45.8 Å². The number of carbonyl (C=O) groups excluding carboxylic acids is 5. The van der Waals surface area contributed by atoms with Crippen molar-refractivity contribution in [3.8, 4) is 0 Å². The van der Waals surface area contributed by atoms with Crippen LogP contribution in [-0.4, -0.2) is 149 Å². The SMILES string of the molecule is CNC(=O)C(CCCCNC(=O)CCOCCOCCNC(=O)CCOCCOCCNC(=O)CCC(NC(=O)CCCCCCCCCCCCCCC(=O)O)C(=O)O)NC(C)C. The van der Waals surface area contributed by atoms with Crippen molar-refractivity contribution in [3.05, 3.63) is 0 Å². The van der Waals surface area contributed by atoms with E-state index in [4.69, 9.17) is 24.1 Å². The minimum absolute atomic E-state index is 0.0212. The summed E-state index contributed by atoms with van der Waals surface area (Å²) in [5, 5.41) is 34.9. The molecule has 0 aromatic carbocycles. The highest BCUT2D eigenvalue weighted by molar-refractivity contribution is 5.84. The highest BCUT2D eigenvalue weighted by atomic mass is 16.5. The Morgan fingerprint density at radius 1 is 0.438 bits per heavy atom. The molecular formula is C45H84N6O13. The maximum atomic E-state index is 12.3. The lowest BCUT2D eigenvalue weighted by Crippen LogP contribution is -2.45. The number of carboxylic acid groups (broad SMARTS) is 2. The van der Waals surface area contributed by atoms with Gasteiger partial charge in [-0.05, 0) is 38.5 Å². The topological polar surface area (TPSA) is 269 Å². The molecule has 0 fully saturated rings. The fraction of sp³-hybridized carbons (Fsp3) is 0.844. The molecule has 0 aromatic heterocycles. The first-order valence-corrected chi connectivity index (χ1v) is 23.7. The van der Waals surface area contributed by atoms with Gasteiger partial charge in [0.2, 0.25) is 29.5 Å². The van der Waals surface area contributed by atoms with Crippen molar-refractivity contribution < 1.29 is 62.7 Å². The summed E-state index contributed by atoms with van der Waals surface area (Å²) in [6.07, 6.45) is 15.5. The molecule has 0 radical (unpaired) electrons. The summed E-state index contributed by atoms with van der Waals surface area (Å²) in [5.41, 5.74) is 0. The summed E-state index contributed by atoms with van der Waals surface area (Å²) in [6.45, 7) is 7.33. The van der Waals surface area contributed by atoms with Crippen LogP contribution in [0.4, 0.5) is 0 Å². The second-order valence-corrected chi connectivity index (χ2v) is 16.1. The van der Waals surface area contributed by atoms with Gasteiger partial charge in [-0.15, -0.1) is 0 Å². The molecule has 0 aromatic rings. The molecule has 0 bridgehead atoms. The van der Waals surface area contributed by atoms with Crippen LogP contribution in [0.5, 0.6) is 0 Å². The van der Waals surface area contributed by atoms with E-state index in [1.54, 1.807) is 7.05 Å². The Balaban J connectivity index is 3.66. The monoisotopic (exact) mass is 917 g/mol. The summed E-state index contributed by atoms with van der Waals surface area (Å²) in [4.78, 5) is 82.7. The number of carboxylic acids is 2. The van der Waals surface area contributed by atoms with Gasteiger partial charge in [-0.1, -0.05) is 78.1 Å². The molecule has 2 atom stereocenters. The smallest absolute Gasteiger partial charge is 0.326 e. The fourth-order valence-corrected chi connectivity index (χ4v) is 6.46. The number of ether oxygens (including phenoxy) is 4. The summed E-state index contributed by atoms with van der Waals surface area (Å²) in [7, 11) is 1.62. The lowest BCUT2D eigenvalue weighted by atomic mass is 10.0. The normalized spacial score (nSPS) is 12.1. The maximum absolute atomic E-state index is 12.3. The Kier molecular flexibility index (Phi) is 40.4. The van der Waals surface area contributed by atoms with Crippen molar-refractivity contribution in [1.29, 1.82) is 0 Å². The van der Waals surface area contributed by atoms with Crippen molar-refractivity contribution in [1.82, 2.24) is 31.9 Å². The first-order chi connectivity index (χ1) is 30.8. The predicted octanol–water partition coefficient (Wildman–Crippen LogP) is 3.36. The Bertz CT molecular complexity index is 1260. The van der Waals surface area contributed by atoms with Gasteiger partial charge in [0.15, 0.2) is 0 Å². The Morgan fingerprint density at radius 2 is 0.875 bits per heavy atom.